The summed E-state index contributed by atoms with van der Waals surface area (Å²) < 4.78 is 0. The molecule has 2 nitrogen and oxygen atoms in total. The quantitative estimate of drug-likeness (QED) is 0.734. The van der Waals surface area contributed by atoms with Gasteiger partial charge in [0.2, 0.25) is 0 Å². The van der Waals surface area contributed by atoms with Crippen LogP contribution in [-0.2, 0) is 5.75 Å². The lowest BCUT2D eigenvalue weighted by molar-refractivity contribution is 0.0773. The van der Waals surface area contributed by atoms with Gasteiger partial charge in [0.05, 0.1) is 0 Å². The van der Waals surface area contributed by atoms with Gasteiger partial charge in [-0.3, -0.25) is 4.79 Å². The molecule has 110 valence electrons. The third-order valence-corrected chi connectivity index (χ3v) is 4.48. The first-order valence-electron chi connectivity index (χ1n) is 7.30. The van der Waals surface area contributed by atoms with Crippen LogP contribution >= 0.6 is 11.8 Å². The largest absolute Gasteiger partial charge is 0.339 e. The van der Waals surface area contributed by atoms with Gasteiger partial charge >= 0.3 is 0 Å². The van der Waals surface area contributed by atoms with Gasteiger partial charge in [0, 0.05) is 29.3 Å². The van der Waals surface area contributed by atoms with E-state index in [1.807, 2.05) is 73.0 Å². The van der Waals surface area contributed by atoms with Gasteiger partial charge in [0.1, 0.15) is 0 Å². The third kappa shape index (κ3) is 4.36. The molecule has 0 heterocycles. The summed E-state index contributed by atoms with van der Waals surface area (Å²) in [5.74, 6) is 1.03. The summed E-state index contributed by atoms with van der Waals surface area (Å²) in [6, 6.07) is 18.3. The summed E-state index contributed by atoms with van der Waals surface area (Å²) in [6.45, 7) is 5.51. The number of hydrogen-bond donors (Lipinski definition) is 0. The zero-order valence-electron chi connectivity index (χ0n) is 12.6. The minimum atomic E-state index is 0.113. The number of amides is 1. The summed E-state index contributed by atoms with van der Waals surface area (Å²) in [5.41, 5.74) is 2.01. The van der Waals surface area contributed by atoms with Gasteiger partial charge < -0.3 is 4.90 Å². The summed E-state index contributed by atoms with van der Waals surface area (Å²) >= 11 is 1.81. The molecule has 3 heteroatoms. The summed E-state index contributed by atoms with van der Waals surface area (Å²) in [6.07, 6.45) is 0. The Balaban J connectivity index is 1.97. The molecule has 0 atom stereocenters. The molecular weight excluding hydrogens is 278 g/mol. The second-order valence-electron chi connectivity index (χ2n) is 4.78. The van der Waals surface area contributed by atoms with Crippen LogP contribution in [0, 0.1) is 0 Å². The average Bonchev–Trinajstić information content (AvgIpc) is 2.55. The van der Waals surface area contributed by atoms with Crippen molar-refractivity contribution in [2.24, 2.45) is 0 Å². The summed E-state index contributed by atoms with van der Waals surface area (Å²) in [5, 5.41) is 0. The van der Waals surface area contributed by atoms with Crippen molar-refractivity contribution in [1.82, 2.24) is 4.90 Å². The molecular formula is C18H21NOS. The fourth-order valence-corrected chi connectivity index (χ4v) is 3.00. The number of thioether (sulfide) groups is 1. The van der Waals surface area contributed by atoms with Gasteiger partial charge in [-0.1, -0.05) is 30.3 Å². The number of carbonyl (C=O) groups excluding carboxylic acids is 1. The van der Waals surface area contributed by atoms with Crippen LogP contribution in [-0.4, -0.2) is 23.9 Å². The summed E-state index contributed by atoms with van der Waals surface area (Å²) in [4.78, 5) is 15.3. The monoisotopic (exact) mass is 299 g/mol. The Kier molecular flexibility index (Phi) is 5.88. The van der Waals surface area contributed by atoms with Gasteiger partial charge in [0.15, 0.2) is 0 Å². The lowest BCUT2D eigenvalue weighted by atomic mass is 10.1. The molecule has 0 aliphatic rings. The second kappa shape index (κ2) is 7.89. The predicted octanol–water partition coefficient (Wildman–Crippen LogP) is 4.46. The molecule has 0 unspecified atom stereocenters. The van der Waals surface area contributed by atoms with Crippen molar-refractivity contribution in [2.75, 3.05) is 13.1 Å². The van der Waals surface area contributed by atoms with Crippen LogP contribution in [0.4, 0.5) is 0 Å². The van der Waals surface area contributed by atoms with Gasteiger partial charge in [-0.2, -0.15) is 0 Å². The maximum atomic E-state index is 12.2. The van der Waals surface area contributed by atoms with E-state index in [1.54, 1.807) is 0 Å². The van der Waals surface area contributed by atoms with E-state index in [2.05, 4.69) is 12.1 Å². The Morgan fingerprint density at radius 1 is 0.952 bits per heavy atom. The highest BCUT2D eigenvalue weighted by Gasteiger charge is 2.11. The molecule has 0 aliphatic carbocycles. The molecule has 0 saturated heterocycles. The molecule has 1 amide bonds. The number of benzene rings is 2. The second-order valence-corrected chi connectivity index (χ2v) is 5.82. The van der Waals surface area contributed by atoms with Crippen molar-refractivity contribution in [3.8, 4) is 0 Å². The van der Waals surface area contributed by atoms with Crippen molar-refractivity contribution in [3.05, 3.63) is 65.7 Å². The van der Waals surface area contributed by atoms with Crippen LogP contribution in [0.5, 0.6) is 0 Å². The van der Waals surface area contributed by atoms with E-state index in [0.29, 0.717) is 0 Å². The normalized spacial score (nSPS) is 10.4. The highest BCUT2D eigenvalue weighted by atomic mass is 32.2. The van der Waals surface area contributed by atoms with E-state index in [-0.39, 0.29) is 5.91 Å². The zero-order chi connectivity index (χ0) is 15.1. The van der Waals surface area contributed by atoms with Crippen molar-refractivity contribution in [2.45, 2.75) is 24.5 Å². The molecule has 21 heavy (non-hydrogen) atoms. The Morgan fingerprint density at radius 3 is 2.14 bits per heavy atom. The molecule has 0 aromatic heterocycles. The number of rotatable bonds is 6. The molecule has 0 aliphatic heterocycles. The number of carbonyl (C=O) groups is 1. The summed E-state index contributed by atoms with van der Waals surface area (Å²) in [7, 11) is 0. The van der Waals surface area contributed by atoms with Gasteiger partial charge in [-0.25, -0.2) is 0 Å². The maximum Gasteiger partial charge on any atom is 0.253 e. The minimum absolute atomic E-state index is 0.113. The molecule has 0 saturated carbocycles. The van der Waals surface area contributed by atoms with Crippen molar-refractivity contribution in [3.63, 3.8) is 0 Å². The van der Waals surface area contributed by atoms with E-state index in [1.165, 1.54) is 10.5 Å². The molecule has 2 rings (SSSR count). The van der Waals surface area contributed by atoms with E-state index < -0.39 is 0 Å². The van der Waals surface area contributed by atoms with E-state index >= 15 is 0 Å². The SMILES string of the molecule is CCN(CC)C(=O)c1ccc(CSc2ccccc2)cc1. The van der Waals surface area contributed by atoms with Crippen LogP contribution in [0.15, 0.2) is 59.5 Å². The standard InChI is InChI=1S/C18H21NOS/c1-3-19(4-2)18(20)16-12-10-15(11-13-16)14-21-17-8-6-5-7-9-17/h5-13H,3-4,14H2,1-2H3. The van der Waals surface area contributed by atoms with Crippen LogP contribution < -0.4 is 0 Å². The van der Waals surface area contributed by atoms with Crippen molar-refractivity contribution < 1.29 is 4.79 Å². The Morgan fingerprint density at radius 2 is 1.57 bits per heavy atom. The molecule has 0 N–H and O–H groups in total. The minimum Gasteiger partial charge on any atom is -0.339 e. The molecule has 0 spiro atoms. The van der Waals surface area contributed by atoms with Crippen LogP contribution in [0.25, 0.3) is 0 Å². The third-order valence-electron chi connectivity index (χ3n) is 3.40. The van der Waals surface area contributed by atoms with Crippen molar-refractivity contribution in [1.29, 1.82) is 0 Å². The van der Waals surface area contributed by atoms with Gasteiger partial charge in [-0.05, 0) is 43.7 Å². The number of hydrogen-bond acceptors (Lipinski definition) is 2. The Labute approximate surface area is 131 Å². The predicted molar refractivity (Wildman–Crippen MR) is 89.7 cm³/mol. The molecule has 0 bridgehead atoms. The van der Waals surface area contributed by atoms with E-state index in [4.69, 9.17) is 0 Å². The van der Waals surface area contributed by atoms with E-state index in [0.717, 1.165) is 24.4 Å². The molecule has 2 aromatic carbocycles. The van der Waals surface area contributed by atoms with Crippen molar-refractivity contribution >= 4 is 17.7 Å². The zero-order valence-corrected chi connectivity index (χ0v) is 13.4. The van der Waals surface area contributed by atoms with Gasteiger partial charge in [0.25, 0.3) is 5.91 Å². The molecule has 2 aromatic rings. The van der Waals surface area contributed by atoms with Crippen LogP contribution in [0.1, 0.15) is 29.8 Å². The first-order chi connectivity index (χ1) is 10.2. The highest BCUT2D eigenvalue weighted by molar-refractivity contribution is 7.98. The smallest absolute Gasteiger partial charge is 0.253 e. The lowest BCUT2D eigenvalue weighted by Crippen LogP contribution is -2.30. The highest BCUT2D eigenvalue weighted by Crippen LogP contribution is 2.22. The average molecular weight is 299 g/mol. The fourth-order valence-electron chi connectivity index (χ4n) is 2.12. The molecule has 0 radical (unpaired) electrons. The van der Waals surface area contributed by atoms with E-state index in [9.17, 15) is 4.79 Å². The van der Waals surface area contributed by atoms with Gasteiger partial charge in [-0.15, -0.1) is 11.8 Å². The topological polar surface area (TPSA) is 20.3 Å². The molecule has 0 fully saturated rings. The van der Waals surface area contributed by atoms with Crippen LogP contribution in [0.2, 0.25) is 0 Å². The maximum absolute atomic E-state index is 12.2. The Bertz CT molecular complexity index is 562. The first kappa shape index (κ1) is 15.6. The lowest BCUT2D eigenvalue weighted by Gasteiger charge is -2.18. The number of nitrogens with zero attached hydrogens (tertiary/aromatic N) is 1. The van der Waals surface area contributed by atoms with Crippen LogP contribution in [0.3, 0.4) is 0 Å². The fraction of sp³-hybridized carbons (Fsp3) is 0.278. The first-order valence-corrected chi connectivity index (χ1v) is 8.29. The Hall–Kier alpha value is -1.74.